The molecule has 2 aromatic carbocycles. The molecule has 1 aromatic heterocycles. The first-order valence-corrected chi connectivity index (χ1v) is 8.45. The first-order valence-electron chi connectivity index (χ1n) is 7.46. The van der Waals surface area contributed by atoms with Crippen LogP contribution < -0.4 is 15.8 Å². The largest absolute Gasteiger partial charge is 0.497 e. The number of amides is 2. The minimum absolute atomic E-state index is 0.0519. The highest BCUT2D eigenvalue weighted by atomic mass is 32.2. The fourth-order valence-corrected chi connectivity index (χ4v) is 3.04. The molecule has 2 amide bonds. The maximum atomic E-state index is 12.3. The predicted molar refractivity (Wildman–Crippen MR) is 97.1 cm³/mol. The lowest BCUT2D eigenvalue weighted by Crippen LogP contribution is -2.18. The molecule has 0 fully saturated rings. The molecule has 3 rings (SSSR count). The van der Waals surface area contributed by atoms with Crippen molar-refractivity contribution in [1.29, 1.82) is 0 Å². The highest BCUT2D eigenvalue weighted by Crippen LogP contribution is 2.31. The van der Waals surface area contributed by atoms with Crippen LogP contribution in [-0.4, -0.2) is 24.7 Å². The third-order valence-electron chi connectivity index (χ3n) is 3.51. The van der Waals surface area contributed by atoms with Crippen molar-refractivity contribution in [1.82, 2.24) is 0 Å². The first-order chi connectivity index (χ1) is 12.1. The molecular weight excluding hydrogens is 340 g/mol. The van der Waals surface area contributed by atoms with Crippen LogP contribution in [0.25, 0.3) is 11.0 Å². The number of nitrogens with one attached hydrogen (secondary N) is 1. The van der Waals surface area contributed by atoms with Gasteiger partial charge < -0.3 is 20.2 Å². The number of methoxy groups -OCH3 is 1. The van der Waals surface area contributed by atoms with Crippen LogP contribution in [0.15, 0.2) is 57.8 Å². The molecule has 3 N–H and O–H groups in total. The number of ether oxygens (including phenoxy) is 1. The van der Waals surface area contributed by atoms with Gasteiger partial charge in [0.05, 0.1) is 12.9 Å². The maximum absolute atomic E-state index is 12.3. The molecule has 0 aliphatic rings. The molecule has 0 aliphatic carbocycles. The number of benzene rings is 2. The Balaban J connectivity index is 1.73. The van der Waals surface area contributed by atoms with Crippen molar-refractivity contribution in [3.05, 3.63) is 54.3 Å². The Morgan fingerprint density at radius 2 is 1.88 bits per heavy atom. The van der Waals surface area contributed by atoms with Gasteiger partial charge in [0.15, 0.2) is 0 Å². The second kappa shape index (κ2) is 7.31. The van der Waals surface area contributed by atoms with Gasteiger partial charge in [0.2, 0.25) is 11.7 Å². The van der Waals surface area contributed by atoms with Crippen LogP contribution in [0.5, 0.6) is 5.75 Å². The topological polar surface area (TPSA) is 94.6 Å². The summed E-state index contributed by atoms with van der Waals surface area (Å²) in [5.74, 6) is -0.0951. The second-order valence-electron chi connectivity index (χ2n) is 5.18. The number of primary amides is 1. The number of hydrogen-bond donors (Lipinski definition) is 2. The number of rotatable bonds is 6. The molecule has 0 radical (unpaired) electrons. The van der Waals surface area contributed by atoms with E-state index in [-0.39, 0.29) is 17.4 Å². The Morgan fingerprint density at radius 3 is 2.56 bits per heavy atom. The van der Waals surface area contributed by atoms with E-state index in [2.05, 4.69) is 5.32 Å². The summed E-state index contributed by atoms with van der Waals surface area (Å²) in [5.41, 5.74) is 6.15. The van der Waals surface area contributed by atoms with Gasteiger partial charge in [-0.05, 0) is 36.4 Å². The monoisotopic (exact) mass is 356 g/mol. The third kappa shape index (κ3) is 3.77. The lowest BCUT2D eigenvalue weighted by Gasteiger charge is -2.06. The van der Waals surface area contributed by atoms with Crippen LogP contribution in [0.1, 0.15) is 10.6 Å². The highest BCUT2D eigenvalue weighted by Gasteiger charge is 2.20. The van der Waals surface area contributed by atoms with Crippen molar-refractivity contribution in [2.24, 2.45) is 5.73 Å². The average Bonchev–Trinajstić information content (AvgIpc) is 2.99. The van der Waals surface area contributed by atoms with E-state index in [9.17, 15) is 9.59 Å². The van der Waals surface area contributed by atoms with E-state index in [1.165, 1.54) is 11.8 Å². The summed E-state index contributed by atoms with van der Waals surface area (Å²) >= 11 is 1.37. The molecular formula is C18H16N2O4S. The molecule has 1 heterocycles. The Hall–Kier alpha value is -2.93. The number of para-hydroxylation sites is 1. The molecule has 0 unspecified atom stereocenters. The third-order valence-corrected chi connectivity index (χ3v) is 4.53. The molecule has 0 aliphatic heterocycles. The molecule has 0 bridgehead atoms. The standard InChI is InChI=1S/C18H16N2O4S/c1-23-11-6-8-12(9-7-11)25-10-15(21)20-16-13-4-2-3-5-14(13)24-17(16)18(19)22/h2-9H,10H2,1H3,(H2,19,22)(H,20,21). The van der Waals surface area contributed by atoms with Crippen molar-refractivity contribution in [2.75, 3.05) is 18.2 Å². The zero-order chi connectivity index (χ0) is 17.8. The minimum Gasteiger partial charge on any atom is -0.497 e. The van der Waals surface area contributed by atoms with Crippen LogP contribution in [0, 0.1) is 0 Å². The van der Waals surface area contributed by atoms with E-state index < -0.39 is 5.91 Å². The molecule has 6 nitrogen and oxygen atoms in total. The van der Waals surface area contributed by atoms with E-state index in [0.29, 0.717) is 16.7 Å². The normalized spacial score (nSPS) is 10.6. The van der Waals surface area contributed by atoms with Gasteiger partial charge in [-0.2, -0.15) is 0 Å². The smallest absolute Gasteiger partial charge is 0.286 e. The van der Waals surface area contributed by atoms with Crippen molar-refractivity contribution in [2.45, 2.75) is 4.90 Å². The van der Waals surface area contributed by atoms with Gasteiger partial charge in [-0.3, -0.25) is 9.59 Å². The molecule has 0 atom stereocenters. The van der Waals surface area contributed by atoms with E-state index >= 15 is 0 Å². The van der Waals surface area contributed by atoms with Crippen LogP contribution in [0.4, 0.5) is 5.69 Å². The van der Waals surface area contributed by atoms with Crippen molar-refractivity contribution < 1.29 is 18.7 Å². The molecule has 0 saturated carbocycles. The van der Waals surface area contributed by atoms with Crippen molar-refractivity contribution >= 4 is 40.2 Å². The molecule has 0 saturated heterocycles. The predicted octanol–water partition coefficient (Wildman–Crippen LogP) is 3.27. The summed E-state index contributed by atoms with van der Waals surface area (Å²) in [5, 5.41) is 3.37. The fourth-order valence-electron chi connectivity index (χ4n) is 2.34. The molecule has 25 heavy (non-hydrogen) atoms. The number of carbonyl (C=O) groups excluding carboxylic acids is 2. The number of thioether (sulfide) groups is 1. The van der Waals surface area contributed by atoms with E-state index in [1.807, 2.05) is 24.3 Å². The van der Waals surface area contributed by atoms with Gasteiger partial charge in [-0.1, -0.05) is 12.1 Å². The van der Waals surface area contributed by atoms with Gasteiger partial charge >= 0.3 is 0 Å². The zero-order valence-corrected chi connectivity index (χ0v) is 14.3. The Morgan fingerprint density at radius 1 is 1.16 bits per heavy atom. The van der Waals surface area contributed by atoms with Crippen LogP contribution >= 0.6 is 11.8 Å². The van der Waals surface area contributed by atoms with E-state index in [1.54, 1.807) is 31.4 Å². The summed E-state index contributed by atoms with van der Waals surface area (Å²) in [6, 6.07) is 14.5. The maximum Gasteiger partial charge on any atom is 0.286 e. The summed E-state index contributed by atoms with van der Waals surface area (Å²) in [6.45, 7) is 0. The van der Waals surface area contributed by atoms with Gasteiger partial charge in [0.1, 0.15) is 17.0 Å². The average molecular weight is 356 g/mol. The van der Waals surface area contributed by atoms with Gasteiger partial charge in [0.25, 0.3) is 5.91 Å². The summed E-state index contributed by atoms with van der Waals surface area (Å²) in [6.07, 6.45) is 0. The van der Waals surface area contributed by atoms with E-state index in [4.69, 9.17) is 14.9 Å². The van der Waals surface area contributed by atoms with Gasteiger partial charge in [0, 0.05) is 10.3 Å². The number of furan rings is 1. The van der Waals surface area contributed by atoms with Gasteiger partial charge in [-0.25, -0.2) is 0 Å². The van der Waals surface area contributed by atoms with Crippen molar-refractivity contribution in [3.8, 4) is 5.75 Å². The number of carbonyl (C=O) groups is 2. The van der Waals surface area contributed by atoms with Crippen LogP contribution in [0.3, 0.4) is 0 Å². The summed E-state index contributed by atoms with van der Waals surface area (Å²) < 4.78 is 10.5. The quantitative estimate of drug-likeness (QED) is 0.661. The summed E-state index contributed by atoms with van der Waals surface area (Å²) in [4.78, 5) is 24.8. The number of fused-ring (bicyclic) bond motifs is 1. The van der Waals surface area contributed by atoms with Crippen LogP contribution in [-0.2, 0) is 4.79 Å². The van der Waals surface area contributed by atoms with Crippen LogP contribution in [0.2, 0.25) is 0 Å². The number of hydrogen-bond acceptors (Lipinski definition) is 5. The fraction of sp³-hybridized carbons (Fsp3) is 0.111. The summed E-state index contributed by atoms with van der Waals surface area (Å²) in [7, 11) is 1.60. The first kappa shape index (κ1) is 16.9. The lowest BCUT2D eigenvalue weighted by molar-refractivity contribution is -0.113. The second-order valence-corrected chi connectivity index (χ2v) is 6.23. The van der Waals surface area contributed by atoms with Gasteiger partial charge in [-0.15, -0.1) is 11.8 Å². The number of anilines is 1. The van der Waals surface area contributed by atoms with Crippen molar-refractivity contribution in [3.63, 3.8) is 0 Å². The lowest BCUT2D eigenvalue weighted by atomic mass is 10.2. The number of nitrogens with two attached hydrogens (primary N) is 1. The highest BCUT2D eigenvalue weighted by molar-refractivity contribution is 8.00. The SMILES string of the molecule is COc1ccc(SCC(=O)Nc2c(C(N)=O)oc3ccccc23)cc1. The zero-order valence-electron chi connectivity index (χ0n) is 13.4. The van der Waals surface area contributed by atoms with E-state index in [0.717, 1.165) is 10.6 Å². The Kier molecular flexibility index (Phi) is 4.95. The minimum atomic E-state index is -0.727. The molecule has 3 aromatic rings. The molecule has 7 heteroatoms. The Labute approximate surface area is 148 Å². The Bertz CT molecular complexity index is 918. The molecule has 0 spiro atoms. The molecule has 128 valence electrons.